The molecule has 2 heteroatoms. The van der Waals surface area contributed by atoms with Crippen LogP contribution in [0.5, 0.6) is 0 Å². The Kier molecular flexibility index (Phi) is 3.30. The van der Waals surface area contributed by atoms with E-state index in [1.165, 1.54) is 0 Å². The Morgan fingerprint density at radius 1 is 1.73 bits per heavy atom. The van der Waals surface area contributed by atoms with Gasteiger partial charge in [-0.3, -0.25) is 4.79 Å². The van der Waals surface area contributed by atoms with Gasteiger partial charge in [-0.2, -0.15) is 0 Å². The fourth-order valence-corrected chi connectivity index (χ4v) is 1.14. The fraction of sp³-hybridized carbons (Fsp3) is 0.667. The second-order valence-corrected chi connectivity index (χ2v) is 2.77. The lowest BCUT2D eigenvalue weighted by Gasteiger charge is -2.16. The molecular formula is C9H14O2. The van der Waals surface area contributed by atoms with Crippen molar-refractivity contribution in [1.29, 1.82) is 0 Å². The summed E-state index contributed by atoms with van der Waals surface area (Å²) in [5.41, 5.74) is 0. The highest BCUT2D eigenvalue weighted by Gasteiger charge is 2.17. The zero-order chi connectivity index (χ0) is 8.10. The number of hydrogen-bond acceptors (Lipinski definition) is 2. The molecule has 1 aliphatic rings. The summed E-state index contributed by atoms with van der Waals surface area (Å²) in [6, 6.07) is 0. The molecule has 0 fully saturated rings. The molecule has 62 valence electrons. The predicted octanol–water partition coefficient (Wildman–Crippen LogP) is 1.70. The third-order valence-corrected chi connectivity index (χ3v) is 1.81. The van der Waals surface area contributed by atoms with Crippen molar-refractivity contribution < 1.29 is 9.53 Å². The average molecular weight is 154 g/mol. The van der Waals surface area contributed by atoms with Gasteiger partial charge in [-0.15, -0.1) is 0 Å². The molecule has 0 saturated carbocycles. The molecule has 0 spiro atoms. The lowest BCUT2D eigenvalue weighted by atomic mass is 10.1. The minimum Gasteiger partial charge on any atom is -0.366 e. The van der Waals surface area contributed by atoms with Crippen LogP contribution in [0.4, 0.5) is 0 Å². The molecule has 0 amide bonds. The molecule has 0 aliphatic carbocycles. The van der Waals surface area contributed by atoms with E-state index in [-0.39, 0.29) is 11.9 Å². The summed E-state index contributed by atoms with van der Waals surface area (Å²) in [5, 5.41) is 0. The van der Waals surface area contributed by atoms with Gasteiger partial charge in [0.15, 0.2) is 5.78 Å². The highest BCUT2D eigenvalue weighted by molar-refractivity contribution is 5.94. The van der Waals surface area contributed by atoms with E-state index in [1.807, 2.05) is 0 Å². The summed E-state index contributed by atoms with van der Waals surface area (Å²) in [5.74, 6) is 0.129. The van der Waals surface area contributed by atoms with Crippen molar-refractivity contribution >= 4 is 5.78 Å². The first kappa shape index (κ1) is 8.47. The first-order valence-corrected chi connectivity index (χ1v) is 4.16. The van der Waals surface area contributed by atoms with Crippen molar-refractivity contribution in [3.63, 3.8) is 0 Å². The molecule has 0 aromatic heterocycles. The second-order valence-electron chi connectivity index (χ2n) is 2.77. The van der Waals surface area contributed by atoms with Crippen LogP contribution in [0.3, 0.4) is 0 Å². The predicted molar refractivity (Wildman–Crippen MR) is 43.4 cm³/mol. The molecule has 0 bridgehead atoms. The smallest absolute Gasteiger partial charge is 0.184 e. The topological polar surface area (TPSA) is 26.3 Å². The van der Waals surface area contributed by atoms with Gasteiger partial charge in [-0.1, -0.05) is 25.8 Å². The van der Waals surface area contributed by atoms with Crippen molar-refractivity contribution in [2.45, 2.75) is 32.3 Å². The lowest BCUT2D eigenvalue weighted by Crippen LogP contribution is -2.25. The van der Waals surface area contributed by atoms with Crippen LogP contribution in [0.25, 0.3) is 0 Å². The lowest BCUT2D eigenvalue weighted by molar-refractivity contribution is -0.126. The molecule has 11 heavy (non-hydrogen) atoms. The number of rotatable bonds is 3. The van der Waals surface area contributed by atoms with Gasteiger partial charge in [0.25, 0.3) is 0 Å². The largest absolute Gasteiger partial charge is 0.366 e. The standard InChI is InChI=1S/C9H14O2/c1-2-3-6-9-8(10)5-4-7-11-9/h4-5,9H,2-3,6-7H2,1H3. The maximum Gasteiger partial charge on any atom is 0.184 e. The molecule has 1 unspecified atom stereocenters. The van der Waals surface area contributed by atoms with E-state index >= 15 is 0 Å². The van der Waals surface area contributed by atoms with Gasteiger partial charge < -0.3 is 4.74 Å². The minimum atomic E-state index is -0.153. The Morgan fingerprint density at radius 3 is 3.18 bits per heavy atom. The van der Waals surface area contributed by atoms with Crippen molar-refractivity contribution in [2.24, 2.45) is 0 Å². The molecule has 0 radical (unpaired) electrons. The summed E-state index contributed by atoms with van der Waals surface area (Å²) >= 11 is 0. The number of unbranched alkanes of at least 4 members (excludes halogenated alkanes) is 1. The molecule has 0 aromatic rings. The number of hydrogen-bond donors (Lipinski definition) is 0. The third kappa shape index (κ3) is 2.46. The van der Waals surface area contributed by atoms with E-state index in [0.717, 1.165) is 19.3 Å². The van der Waals surface area contributed by atoms with Gasteiger partial charge in [0.2, 0.25) is 0 Å². The third-order valence-electron chi connectivity index (χ3n) is 1.81. The number of ketones is 1. The Balaban J connectivity index is 2.33. The highest BCUT2D eigenvalue weighted by Crippen LogP contribution is 2.09. The van der Waals surface area contributed by atoms with Gasteiger partial charge >= 0.3 is 0 Å². The quantitative estimate of drug-likeness (QED) is 0.618. The summed E-state index contributed by atoms with van der Waals surface area (Å²) < 4.78 is 5.26. The van der Waals surface area contributed by atoms with Crippen molar-refractivity contribution in [1.82, 2.24) is 0 Å². The van der Waals surface area contributed by atoms with E-state index in [1.54, 1.807) is 12.2 Å². The van der Waals surface area contributed by atoms with Crippen LogP contribution in [-0.2, 0) is 9.53 Å². The Bertz CT molecular complexity index is 161. The van der Waals surface area contributed by atoms with Crippen LogP contribution in [0.15, 0.2) is 12.2 Å². The van der Waals surface area contributed by atoms with Gasteiger partial charge in [-0.25, -0.2) is 0 Å². The molecular weight excluding hydrogens is 140 g/mol. The summed E-state index contributed by atoms with van der Waals surface area (Å²) in [7, 11) is 0. The Labute approximate surface area is 67.2 Å². The summed E-state index contributed by atoms with van der Waals surface area (Å²) in [6.07, 6.45) is 6.31. The Hall–Kier alpha value is -0.630. The van der Waals surface area contributed by atoms with Gasteiger partial charge in [0, 0.05) is 0 Å². The first-order chi connectivity index (χ1) is 5.34. The van der Waals surface area contributed by atoms with Gasteiger partial charge in [0.1, 0.15) is 6.10 Å². The number of ether oxygens (including phenoxy) is 1. The van der Waals surface area contributed by atoms with Crippen molar-refractivity contribution in [2.75, 3.05) is 6.61 Å². The van der Waals surface area contributed by atoms with Crippen LogP contribution in [0.1, 0.15) is 26.2 Å². The summed E-state index contributed by atoms with van der Waals surface area (Å²) in [6.45, 7) is 2.71. The second kappa shape index (κ2) is 4.29. The molecule has 0 aromatic carbocycles. The zero-order valence-corrected chi connectivity index (χ0v) is 6.88. The van der Waals surface area contributed by atoms with E-state index in [2.05, 4.69) is 6.92 Å². The van der Waals surface area contributed by atoms with Crippen LogP contribution < -0.4 is 0 Å². The van der Waals surface area contributed by atoms with Crippen LogP contribution in [0.2, 0.25) is 0 Å². The SMILES string of the molecule is CCCCC1OCC=CC1=O. The number of carbonyl (C=O) groups is 1. The van der Waals surface area contributed by atoms with E-state index in [4.69, 9.17) is 4.74 Å². The highest BCUT2D eigenvalue weighted by atomic mass is 16.5. The van der Waals surface area contributed by atoms with E-state index in [9.17, 15) is 4.79 Å². The molecule has 1 atom stereocenters. The van der Waals surface area contributed by atoms with Crippen molar-refractivity contribution in [3.05, 3.63) is 12.2 Å². The van der Waals surface area contributed by atoms with E-state index in [0.29, 0.717) is 6.61 Å². The molecule has 2 nitrogen and oxygen atoms in total. The monoisotopic (exact) mass is 154 g/mol. The van der Waals surface area contributed by atoms with Gasteiger partial charge in [-0.05, 0) is 12.5 Å². The fourth-order valence-electron chi connectivity index (χ4n) is 1.14. The van der Waals surface area contributed by atoms with Crippen LogP contribution in [-0.4, -0.2) is 18.5 Å². The molecule has 1 heterocycles. The molecule has 1 aliphatic heterocycles. The number of carbonyl (C=O) groups excluding carboxylic acids is 1. The first-order valence-electron chi connectivity index (χ1n) is 4.16. The summed E-state index contributed by atoms with van der Waals surface area (Å²) in [4.78, 5) is 11.1. The Morgan fingerprint density at radius 2 is 2.55 bits per heavy atom. The van der Waals surface area contributed by atoms with Crippen molar-refractivity contribution in [3.8, 4) is 0 Å². The minimum absolute atomic E-state index is 0.129. The van der Waals surface area contributed by atoms with E-state index < -0.39 is 0 Å². The van der Waals surface area contributed by atoms with Gasteiger partial charge in [0.05, 0.1) is 6.61 Å². The average Bonchev–Trinajstić information content (AvgIpc) is 2.03. The van der Waals surface area contributed by atoms with Crippen LogP contribution in [0, 0.1) is 0 Å². The maximum atomic E-state index is 11.1. The maximum absolute atomic E-state index is 11.1. The zero-order valence-electron chi connectivity index (χ0n) is 6.88. The van der Waals surface area contributed by atoms with Crippen LogP contribution >= 0.6 is 0 Å². The molecule has 0 saturated heterocycles. The molecule has 1 rings (SSSR count). The molecule has 0 N–H and O–H groups in total. The normalized spacial score (nSPS) is 24.1.